The Kier molecular flexibility index (Phi) is 2.91. The fraction of sp³-hybridized carbons (Fsp3) is 0.125. The Labute approximate surface area is 74.7 Å². The minimum absolute atomic E-state index is 0.590. The SMILES string of the molecule is C=C(C)SC(=N)c1cccs1. The van der Waals surface area contributed by atoms with Gasteiger partial charge in [-0.15, -0.1) is 11.3 Å². The molecule has 0 atom stereocenters. The summed E-state index contributed by atoms with van der Waals surface area (Å²) in [6.45, 7) is 5.64. The zero-order valence-electron chi connectivity index (χ0n) is 6.26. The van der Waals surface area contributed by atoms with Crippen LogP contribution in [0.2, 0.25) is 0 Å². The lowest BCUT2D eigenvalue weighted by molar-refractivity contribution is 1.56. The third-order valence-corrected chi connectivity index (χ3v) is 2.81. The monoisotopic (exact) mass is 183 g/mol. The van der Waals surface area contributed by atoms with E-state index in [1.807, 2.05) is 24.4 Å². The van der Waals surface area contributed by atoms with Gasteiger partial charge in [0.05, 0.1) is 4.88 Å². The highest BCUT2D eigenvalue weighted by Gasteiger charge is 2.01. The smallest absolute Gasteiger partial charge is 0.109 e. The zero-order chi connectivity index (χ0) is 8.27. The Hall–Kier alpha value is -0.540. The van der Waals surface area contributed by atoms with Gasteiger partial charge in [0, 0.05) is 0 Å². The molecule has 0 saturated carbocycles. The molecule has 0 amide bonds. The van der Waals surface area contributed by atoms with Gasteiger partial charge in [0.25, 0.3) is 0 Å². The van der Waals surface area contributed by atoms with E-state index in [4.69, 9.17) is 5.41 Å². The van der Waals surface area contributed by atoms with Gasteiger partial charge in [-0.05, 0) is 23.3 Å². The summed E-state index contributed by atoms with van der Waals surface area (Å²) in [7, 11) is 0. The van der Waals surface area contributed by atoms with Gasteiger partial charge in [0.2, 0.25) is 0 Å². The number of thiophene rings is 1. The number of rotatable bonds is 2. The van der Waals surface area contributed by atoms with Crippen LogP contribution in [0.4, 0.5) is 0 Å². The Balaban J connectivity index is 2.64. The van der Waals surface area contributed by atoms with E-state index >= 15 is 0 Å². The summed E-state index contributed by atoms with van der Waals surface area (Å²) in [6, 6.07) is 3.90. The van der Waals surface area contributed by atoms with Crippen LogP contribution in [-0.2, 0) is 0 Å². The minimum atomic E-state index is 0.590. The lowest BCUT2D eigenvalue weighted by Crippen LogP contribution is -1.86. The van der Waals surface area contributed by atoms with Crippen molar-refractivity contribution >= 4 is 28.1 Å². The summed E-state index contributed by atoms with van der Waals surface area (Å²) in [5, 5.41) is 10.2. The van der Waals surface area contributed by atoms with E-state index in [-0.39, 0.29) is 0 Å². The molecule has 1 N–H and O–H groups in total. The van der Waals surface area contributed by atoms with Gasteiger partial charge >= 0.3 is 0 Å². The predicted molar refractivity (Wildman–Crippen MR) is 53.6 cm³/mol. The van der Waals surface area contributed by atoms with E-state index in [2.05, 4.69) is 6.58 Å². The van der Waals surface area contributed by atoms with Crippen LogP contribution in [0.1, 0.15) is 11.8 Å². The maximum atomic E-state index is 7.59. The molecule has 0 spiro atoms. The molecule has 3 heteroatoms. The minimum Gasteiger partial charge on any atom is -0.292 e. The average Bonchev–Trinajstić information content (AvgIpc) is 2.35. The maximum absolute atomic E-state index is 7.59. The molecule has 0 unspecified atom stereocenters. The maximum Gasteiger partial charge on any atom is 0.109 e. The molecule has 1 heterocycles. The van der Waals surface area contributed by atoms with Crippen LogP contribution >= 0.6 is 23.1 Å². The molecule has 0 bridgehead atoms. The molecule has 58 valence electrons. The van der Waals surface area contributed by atoms with Crippen molar-refractivity contribution in [2.45, 2.75) is 6.92 Å². The predicted octanol–water partition coefficient (Wildman–Crippen LogP) is 3.34. The second kappa shape index (κ2) is 3.74. The highest BCUT2D eigenvalue weighted by atomic mass is 32.2. The van der Waals surface area contributed by atoms with Gasteiger partial charge in [0.15, 0.2) is 0 Å². The summed E-state index contributed by atoms with van der Waals surface area (Å²) < 4.78 is 0. The van der Waals surface area contributed by atoms with Gasteiger partial charge in [0.1, 0.15) is 5.04 Å². The van der Waals surface area contributed by atoms with Crippen LogP contribution in [0, 0.1) is 5.41 Å². The Morgan fingerprint density at radius 2 is 2.45 bits per heavy atom. The van der Waals surface area contributed by atoms with Crippen molar-refractivity contribution in [2.24, 2.45) is 0 Å². The first-order valence-electron chi connectivity index (χ1n) is 3.16. The molecule has 0 radical (unpaired) electrons. The highest BCUT2D eigenvalue weighted by molar-refractivity contribution is 8.17. The van der Waals surface area contributed by atoms with Crippen LogP contribution in [0.15, 0.2) is 29.0 Å². The number of allylic oxidation sites excluding steroid dienone is 1. The van der Waals surface area contributed by atoms with Crippen molar-refractivity contribution in [3.05, 3.63) is 33.9 Å². The first kappa shape index (κ1) is 8.56. The number of thioether (sulfide) groups is 1. The molecule has 0 aliphatic carbocycles. The van der Waals surface area contributed by atoms with Crippen molar-refractivity contribution in [1.82, 2.24) is 0 Å². The second-order valence-electron chi connectivity index (χ2n) is 2.11. The van der Waals surface area contributed by atoms with Gasteiger partial charge in [-0.2, -0.15) is 0 Å². The highest BCUT2D eigenvalue weighted by Crippen LogP contribution is 2.21. The molecular weight excluding hydrogens is 174 g/mol. The normalized spacial score (nSPS) is 9.55. The second-order valence-corrected chi connectivity index (χ2v) is 4.37. The summed E-state index contributed by atoms with van der Waals surface area (Å²) in [5.41, 5.74) is 0. The van der Waals surface area contributed by atoms with E-state index in [9.17, 15) is 0 Å². The quantitative estimate of drug-likeness (QED) is 0.552. The fourth-order valence-electron chi connectivity index (χ4n) is 0.632. The Morgan fingerprint density at radius 1 is 1.73 bits per heavy atom. The molecule has 0 aliphatic heterocycles. The third kappa shape index (κ3) is 2.52. The van der Waals surface area contributed by atoms with Crippen LogP contribution < -0.4 is 0 Å². The van der Waals surface area contributed by atoms with Crippen molar-refractivity contribution in [3.8, 4) is 0 Å². The molecular formula is C8H9NS2. The van der Waals surface area contributed by atoms with Gasteiger partial charge < -0.3 is 0 Å². The average molecular weight is 183 g/mol. The van der Waals surface area contributed by atoms with Gasteiger partial charge in [-0.1, -0.05) is 24.4 Å². The number of hydrogen-bond acceptors (Lipinski definition) is 3. The van der Waals surface area contributed by atoms with Gasteiger partial charge in [-0.25, -0.2) is 0 Å². The number of nitrogens with one attached hydrogen (secondary N) is 1. The fourth-order valence-corrected chi connectivity index (χ4v) is 1.99. The molecule has 0 saturated heterocycles. The van der Waals surface area contributed by atoms with Gasteiger partial charge in [-0.3, -0.25) is 5.41 Å². The first-order chi connectivity index (χ1) is 5.20. The summed E-state index contributed by atoms with van der Waals surface area (Å²) in [5.74, 6) is 0. The largest absolute Gasteiger partial charge is 0.292 e. The summed E-state index contributed by atoms with van der Waals surface area (Å²) >= 11 is 3.00. The topological polar surface area (TPSA) is 23.9 Å². The van der Waals surface area contributed by atoms with Crippen LogP contribution in [0.3, 0.4) is 0 Å². The van der Waals surface area contributed by atoms with Crippen molar-refractivity contribution < 1.29 is 0 Å². The molecule has 1 rings (SSSR count). The Morgan fingerprint density at radius 3 is 2.91 bits per heavy atom. The summed E-state index contributed by atoms with van der Waals surface area (Å²) in [4.78, 5) is 1.97. The van der Waals surface area contributed by atoms with E-state index in [1.54, 1.807) is 11.3 Å². The van der Waals surface area contributed by atoms with Crippen molar-refractivity contribution in [2.75, 3.05) is 0 Å². The molecule has 1 nitrogen and oxygen atoms in total. The van der Waals surface area contributed by atoms with Crippen LogP contribution in [0.5, 0.6) is 0 Å². The number of hydrogen-bond donors (Lipinski definition) is 1. The lowest BCUT2D eigenvalue weighted by Gasteiger charge is -1.97. The molecule has 1 aromatic rings. The molecule has 0 aromatic carbocycles. The summed E-state index contributed by atoms with van der Waals surface area (Å²) in [6.07, 6.45) is 0. The van der Waals surface area contributed by atoms with E-state index in [0.717, 1.165) is 9.78 Å². The molecule has 0 fully saturated rings. The van der Waals surface area contributed by atoms with E-state index in [1.165, 1.54) is 11.8 Å². The van der Waals surface area contributed by atoms with Crippen LogP contribution in [0.25, 0.3) is 0 Å². The van der Waals surface area contributed by atoms with Crippen LogP contribution in [-0.4, -0.2) is 5.04 Å². The first-order valence-corrected chi connectivity index (χ1v) is 4.85. The zero-order valence-corrected chi connectivity index (χ0v) is 7.89. The standard InChI is InChI=1S/C8H9NS2/c1-6(2)11-8(9)7-4-3-5-10-7/h3-5,9H,1H2,2H3. The molecule has 0 aliphatic rings. The lowest BCUT2D eigenvalue weighted by atomic mass is 10.5. The van der Waals surface area contributed by atoms with Crippen molar-refractivity contribution in [3.63, 3.8) is 0 Å². The molecule has 1 aromatic heterocycles. The van der Waals surface area contributed by atoms with Crippen molar-refractivity contribution in [1.29, 1.82) is 5.41 Å². The Bertz CT molecular complexity index is 262. The van der Waals surface area contributed by atoms with E-state index < -0.39 is 0 Å². The molecule has 11 heavy (non-hydrogen) atoms. The van der Waals surface area contributed by atoms with E-state index in [0.29, 0.717) is 5.04 Å². The third-order valence-electron chi connectivity index (χ3n) is 1.02.